The zero-order valence-electron chi connectivity index (χ0n) is 9.74. The van der Waals surface area contributed by atoms with Crippen LogP contribution >= 0.6 is 0 Å². The summed E-state index contributed by atoms with van der Waals surface area (Å²) >= 11 is 0. The fraction of sp³-hybridized carbons (Fsp3) is 0.750. The van der Waals surface area contributed by atoms with Crippen LogP contribution in [0, 0.1) is 17.8 Å². The summed E-state index contributed by atoms with van der Waals surface area (Å²) in [7, 11) is 0. The van der Waals surface area contributed by atoms with Gasteiger partial charge in [0.15, 0.2) is 0 Å². The summed E-state index contributed by atoms with van der Waals surface area (Å²) in [6.07, 6.45) is 1.69. The van der Waals surface area contributed by atoms with Crippen molar-refractivity contribution in [1.82, 2.24) is 4.90 Å². The van der Waals surface area contributed by atoms with Crippen LogP contribution in [0.1, 0.15) is 19.8 Å². The van der Waals surface area contributed by atoms with Crippen molar-refractivity contribution in [1.29, 1.82) is 0 Å². The van der Waals surface area contributed by atoms with Gasteiger partial charge in [-0.2, -0.15) is 0 Å². The predicted octanol–water partition coefficient (Wildman–Crippen LogP) is 0.257. The fourth-order valence-electron chi connectivity index (χ4n) is 1.81. The molecule has 0 aromatic carbocycles. The van der Waals surface area contributed by atoms with Gasteiger partial charge in [0.2, 0.25) is 0 Å². The van der Waals surface area contributed by atoms with E-state index in [1.165, 1.54) is 0 Å². The fourth-order valence-corrected chi connectivity index (χ4v) is 1.81. The molecule has 1 fully saturated rings. The molecule has 16 heavy (non-hydrogen) atoms. The van der Waals surface area contributed by atoms with Crippen LogP contribution < -0.4 is 0 Å². The van der Waals surface area contributed by atoms with Crippen molar-refractivity contribution in [2.24, 2.45) is 5.92 Å². The molecule has 0 unspecified atom stereocenters. The van der Waals surface area contributed by atoms with Crippen LogP contribution in [0.15, 0.2) is 0 Å². The van der Waals surface area contributed by atoms with E-state index in [9.17, 15) is 4.79 Å². The number of ether oxygens (including phenoxy) is 1. The third kappa shape index (κ3) is 4.21. The van der Waals surface area contributed by atoms with E-state index in [-0.39, 0.29) is 18.5 Å². The highest BCUT2D eigenvalue weighted by Gasteiger charge is 2.25. The molecular formula is C12H19NO3. The number of nitrogens with zero attached hydrogens (tertiary/aromatic N) is 1. The Bertz CT molecular complexity index is 272. The first-order valence-electron chi connectivity index (χ1n) is 5.73. The van der Waals surface area contributed by atoms with E-state index in [1.54, 1.807) is 0 Å². The number of carbonyl (C=O) groups excluding carboxylic acids is 1. The van der Waals surface area contributed by atoms with Gasteiger partial charge in [0.25, 0.3) is 0 Å². The van der Waals surface area contributed by atoms with Crippen molar-refractivity contribution in [3.8, 4) is 11.8 Å². The first-order valence-corrected chi connectivity index (χ1v) is 5.73. The Kier molecular flexibility index (Phi) is 5.91. The van der Waals surface area contributed by atoms with Crippen LogP contribution in [0.3, 0.4) is 0 Å². The van der Waals surface area contributed by atoms with Gasteiger partial charge in [-0.3, -0.25) is 9.69 Å². The zero-order chi connectivity index (χ0) is 11.8. The largest absolute Gasteiger partial charge is 0.466 e. The predicted molar refractivity (Wildman–Crippen MR) is 60.7 cm³/mol. The molecule has 90 valence electrons. The normalized spacial score (nSPS) is 17.6. The van der Waals surface area contributed by atoms with Gasteiger partial charge in [0.05, 0.1) is 19.1 Å². The highest BCUT2D eigenvalue weighted by Crippen LogP contribution is 2.18. The maximum atomic E-state index is 11.5. The van der Waals surface area contributed by atoms with Gasteiger partial charge in [-0.25, -0.2) is 0 Å². The number of hydrogen-bond acceptors (Lipinski definition) is 4. The zero-order valence-corrected chi connectivity index (χ0v) is 9.74. The minimum Gasteiger partial charge on any atom is -0.466 e. The second-order valence-corrected chi connectivity index (χ2v) is 3.81. The molecule has 0 amide bonds. The number of likely N-dealkylation sites (tertiary alicyclic amines) is 1. The van der Waals surface area contributed by atoms with Crippen molar-refractivity contribution in [2.75, 3.05) is 32.8 Å². The second kappa shape index (κ2) is 7.26. The van der Waals surface area contributed by atoms with Crippen molar-refractivity contribution in [3.05, 3.63) is 0 Å². The maximum Gasteiger partial charge on any atom is 0.309 e. The number of aliphatic hydroxyl groups is 1. The minimum absolute atomic E-state index is 0.0574. The van der Waals surface area contributed by atoms with Crippen molar-refractivity contribution < 1.29 is 14.6 Å². The number of carbonyl (C=O) groups is 1. The average Bonchev–Trinajstić information content (AvgIpc) is 2.30. The molecule has 1 N–H and O–H groups in total. The Morgan fingerprint density at radius 1 is 1.44 bits per heavy atom. The third-order valence-corrected chi connectivity index (χ3v) is 2.71. The number of esters is 1. The summed E-state index contributed by atoms with van der Waals surface area (Å²) in [5, 5.41) is 8.52. The smallest absolute Gasteiger partial charge is 0.309 e. The first kappa shape index (κ1) is 13.0. The highest BCUT2D eigenvalue weighted by molar-refractivity contribution is 5.72. The molecule has 1 aliphatic rings. The molecule has 0 aliphatic carbocycles. The van der Waals surface area contributed by atoms with Crippen LogP contribution in [0.2, 0.25) is 0 Å². The first-order chi connectivity index (χ1) is 7.77. The lowest BCUT2D eigenvalue weighted by Gasteiger charge is -2.29. The SMILES string of the molecule is CCOC(=O)C1CCN(CC#CCO)CC1. The van der Waals surface area contributed by atoms with Crippen LogP contribution in [0.4, 0.5) is 0 Å². The van der Waals surface area contributed by atoms with Crippen molar-refractivity contribution in [2.45, 2.75) is 19.8 Å². The molecular weight excluding hydrogens is 206 g/mol. The van der Waals surface area contributed by atoms with E-state index in [1.807, 2.05) is 6.92 Å². The Balaban J connectivity index is 2.25. The maximum absolute atomic E-state index is 11.5. The lowest BCUT2D eigenvalue weighted by Crippen LogP contribution is -2.37. The molecule has 0 spiro atoms. The van der Waals surface area contributed by atoms with Gasteiger partial charge < -0.3 is 9.84 Å². The summed E-state index contributed by atoms with van der Waals surface area (Å²) in [5.41, 5.74) is 0. The standard InChI is InChI=1S/C12H19NO3/c1-2-16-12(15)11-5-8-13(9-6-11)7-3-4-10-14/h11,14H,2,5-10H2,1H3. The Morgan fingerprint density at radius 3 is 2.69 bits per heavy atom. The molecule has 1 aliphatic heterocycles. The summed E-state index contributed by atoms with van der Waals surface area (Å²) < 4.78 is 5.00. The lowest BCUT2D eigenvalue weighted by atomic mass is 9.97. The van der Waals surface area contributed by atoms with Crippen LogP contribution in [0.25, 0.3) is 0 Å². The summed E-state index contributed by atoms with van der Waals surface area (Å²) in [6.45, 7) is 4.64. The molecule has 0 aromatic heterocycles. The van der Waals surface area contributed by atoms with Crippen LogP contribution in [-0.2, 0) is 9.53 Å². The molecule has 0 aromatic rings. The van der Waals surface area contributed by atoms with Crippen LogP contribution in [-0.4, -0.2) is 48.8 Å². The average molecular weight is 225 g/mol. The molecule has 0 saturated carbocycles. The minimum atomic E-state index is -0.0840. The Morgan fingerprint density at radius 2 is 2.12 bits per heavy atom. The van der Waals surface area contributed by atoms with Gasteiger partial charge in [0, 0.05) is 0 Å². The molecule has 1 rings (SSSR count). The number of hydrogen-bond donors (Lipinski definition) is 1. The van der Waals surface area contributed by atoms with Gasteiger partial charge in [-0.15, -0.1) is 0 Å². The third-order valence-electron chi connectivity index (χ3n) is 2.71. The summed E-state index contributed by atoms with van der Waals surface area (Å²) in [5.74, 6) is 5.50. The van der Waals surface area contributed by atoms with Gasteiger partial charge in [-0.1, -0.05) is 11.8 Å². The van der Waals surface area contributed by atoms with Gasteiger partial charge in [-0.05, 0) is 32.9 Å². The molecule has 4 nitrogen and oxygen atoms in total. The van der Waals surface area contributed by atoms with E-state index < -0.39 is 0 Å². The van der Waals surface area contributed by atoms with Crippen molar-refractivity contribution in [3.63, 3.8) is 0 Å². The van der Waals surface area contributed by atoms with Crippen LogP contribution in [0.5, 0.6) is 0 Å². The number of aliphatic hydroxyl groups excluding tert-OH is 1. The lowest BCUT2D eigenvalue weighted by molar-refractivity contribution is -0.149. The molecule has 4 heteroatoms. The van der Waals surface area contributed by atoms with E-state index in [4.69, 9.17) is 9.84 Å². The monoisotopic (exact) mass is 225 g/mol. The van der Waals surface area contributed by atoms with E-state index in [0.29, 0.717) is 13.2 Å². The quantitative estimate of drug-likeness (QED) is 0.553. The Labute approximate surface area is 96.6 Å². The molecule has 0 atom stereocenters. The molecule has 0 bridgehead atoms. The number of piperidine rings is 1. The Hall–Kier alpha value is -1.05. The van der Waals surface area contributed by atoms with Gasteiger partial charge >= 0.3 is 5.97 Å². The van der Waals surface area contributed by atoms with E-state index in [2.05, 4.69) is 16.7 Å². The summed E-state index contributed by atoms with van der Waals surface area (Å²) in [4.78, 5) is 13.7. The van der Waals surface area contributed by atoms with E-state index in [0.717, 1.165) is 25.9 Å². The number of rotatable bonds is 3. The molecule has 1 saturated heterocycles. The van der Waals surface area contributed by atoms with Gasteiger partial charge in [0.1, 0.15) is 6.61 Å². The van der Waals surface area contributed by atoms with Crippen molar-refractivity contribution >= 4 is 5.97 Å². The summed E-state index contributed by atoms with van der Waals surface area (Å²) in [6, 6.07) is 0. The van der Waals surface area contributed by atoms with E-state index >= 15 is 0 Å². The molecule has 0 radical (unpaired) electrons. The molecule has 1 heterocycles. The second-order valence-electron chi connectivity index (χ2n) is 3.81. The topological polar surface area (TPSA) is 49.8 Å². The highest BCUT2D eigenvalue weighted by atomic mass is 16.5.